The first-order chi connectivity index (χ1) is 14.9. The molecule has 0 aliphatic carbocycles. The molecule has 31 heavy (non-hydrogen) atoms. The number of furan rings is 1. The third kappa shape index (κ3) is 6.96. The average molecular weight is 442 g/mol. The van der Waals surface area contributed by atoms with E-state index >= 15 is 0 Å². The number of carbonyl (C=O) groups excluding carboxylic acids is 3. The maximum atomic E-state index is 12.2. The van der Waals surface area contributed by atoms with E-state index in [9.17, 15) is 14.4 Å². The number of nitrogens with one attached hydrogen (secondary N) is 4. The molecule has 162 valence electrons. The molecule has 0 saturated heterocycles. The van der Waals surface area contributed by atoms with E-state index in [0.29, 0.717) is 23.1 Å². The Labute approximate surface area is 183 Å². The van der Waals surface area contributed by atoms with Gasteiger partial charge in [-0.1, -0.05) is 12.1 Å². The molecule has 3 rings (SSSR count). The minimum absolute atomic E-state index is 0.0514. The molecule has 0 atom stereocenters. The van der Waals surface area contributed by atoms with Crippen LogP contribution in [0.3, 0.4) is 0 Å². The lowest BCUT2D eigenvalue weighted by molar-refractivity contribution is -0.120. The maximum absolute atomic E-state index is 12.2. The Morgan fingerprint density at radius 1 is 1.10 bits per heavy atom. The lowest BCUT2D eigenvalue weighted by Gasteiger charge is -2.10. The zero-order chi connectivity index (χ0) is 22.2. The normalized spacial score (nSPS) is 10.5. The van der Waals surface area contributed by atoms with Crippen molar-refractivity contribution in [3.05, 3.63) is 65.1 Å². The van der Waals surface area contributed by atoms with Crippen molar-refractivity contribution in [3.8, 4) is 0 Å². The Morgan fingerprint density at radius 2 is 1.87 bits per heavy atom. The number of carbonyl (C=O) groups is 3. The topological polar surface area (TPSA) is 125 Å². The van der Waals surface area contributed by atoms with Gasteiger partial charge >= 0.3 is 6.03 Å². The smallest absolute Gasteiger partial charge is 0.319 e. The van der Waals surface area contributed by atoms with Crippen molar-refractivity contribution in [3.63, 3.8) is 0 Å². The Bertz CT molecular complexity index is 1030. The van der Waals surface area contributed by atoms with Gasteiger partial charge in [0.15, 0.2) is 10.9 Å². The molecule has 0 saturated carbocycles. The van der Waals surface area contributed by atoms with Crippen LogP contribution in [0.1, 0.15) is 35.7 Å². The average Bonchev–Trinajstić information content (AvgIpc) is 3.39. The number of rotatable bonds is 8. The van der Waals surface area contributed by atoms with Gasteiger partial charge in [0.2, 0.25) is 5.91 Å². The molecular formula is C21H23N5O4S. The molecule has 4 N–H and O–H groups in total. The third-order valence-electron chi connectivity index (χ3n) is 3.98. The standard InChI is InChI=1S/C21H23N5O4S/c1-13(2)23-20(29)24-15-7-5-14(6-8-15)11-22-18(27)10-16-12-31-21(25-16)26-19(28)17-4-3-9-30-17/h3-9,12-13H,10-11H2,1-2H3,(H,22,27)(H2,23,24,29)(H,25,26,28). The van der Waals surface area contributed by atoms with Gasteiger partial charge in [-0.05, 0) is 43.7 Å². The quantitative estimate of drug-likeness (QED) is 0.426. The van der Waals surface area contributed by atoms with E-state index in [2.05, 4.69) is 26.3 Å². The largest absolute Gasteiger partial charge is 0.459 e. The van der Waals surface area contributed by atoms with E-state index in [0.717, 1.165) is 5.56 Å². The summed E-state index contributed by atoms with van der Waals surface area (Å²) in [7, 11) is 0. The fraction of sp³-hybridized carbons (Fsp3) is 0.238. The van der Waals surface area contributed by atoms with Crippen LogP contribution in [0.15, 0.2) is 52.5 Å². The van der Waals surface area contributed by atoms with E-state index in [1.807, 2.05) is 26.0 Å². The monoisotopic (exact) mass is 441 g/mol. The third-order valence-corrected chi connectivity index (χ3v) is 4.79. The van der Waals surface area contributed by atoms with Crippen molar-refractivity contribution in [2.75, 3.05) is 10.6 Å². The summed E-state index contributed by atoms with van der Waals surface area (Å²) in [5, 5.41) is 13.1. The number of anilines is 2. The summed E-state index contributed by atoms with van der Waals surface area (Å²) in [6.45, 7) is 4.12. The van der Waals surface area contributed by atoms with Crippen LogP contribution in [0.25, 0.3) is 0 Å². The van der Waals surface area contributed by atoms with Crippen molar-refractivity contribution in [2.45, 2.75) is 32.9 Å². The van der Waals surface area contributed by atoms with Crippen LogP contribution >= 0.6 is 11.3 Å². The molecule has 2 aromatic heterocycles. The number of hydrogen-bond donors (Lipinski definition) is 4. The number of amides is 4. The first-order valence-corrected chi connectivity index (χ1v) is 10.5. The molecule has 3 aromatic rings. The number of hydrogen-bond acceptors (Lipinski definition) is 6. The van der Waals surface area contributed by atoms with Crippen LogP contribution in [0.2, 0.25) is 0 Å². The van der Waals surface area contributed by atoms with Gasteiger partial charge in [-0.3, -0.25) is 14.9 Å². The molecule has 0 bridgehead atoms. The summed E-state index contributed by atoms with van der Waals surface area (Å²) in [4.78, 5) is 40.1. The lowest BCUT2D eigenvalue weighted by Crippen LogP contribution is -2.34. The molecule has 0 aliphatic heterocycles. The molecule has 1 aromatic carbocycles. The second-order valence-electron chi connectivity index (χ2n) is 6.98. The Kier molecular flexibility index (Phi) is 7.39. The SMILES string of the molecule is CC(C)NC(=O)Nc1ccc(CNC(=O)Cc2csc(NC(=O)c3ccco3)n2)cc1. The molecule has 10 heteroatoms. The van der Waals surface area contributed by atoms with Crippen LogP contribution in [0, 0.1) is 0 Å². The molecule has 9 nitrogen and oxygen atoms in total. The molecule has 0 aliphatic rings. The van der Waals surface area contributed by atoms with E-state index in [-0.39, 0.29) is 30.2 Å². The first-order valence-electron chi connectivity index (χ1n) is 9.61. The van der Waals surface area contributed by atoms with E-state index in [4.69, 9.17) is 4.42 Å². The van der Waals surface area contributed by atoms with Gasteiger partial charge in [0.1, 0.15) is 0 Å². The summed E-state index contributed by atoms with van der Waals surface area (Å²) in [6.07, 6.45) is 1.52. The van der Waals surface area contributed by atoms with Crippen LogP contribution in [-0.2, 0) is 17.8 Å². The van der Waals surface area contributed by atoms with Gasteiger partial charge in [-0.25, -0.2) is 9.78 Å². The van der Waals surface area contributed by atoms with Crippen LogP contribution < -0.4 is 21.3 Å². The zero-order valence-electron chi connectivity index (χ0n) is 17.1. The van der Waals surface area contributed by atoms with Crippen LogP contribution in [0.5, 0.6) is 0 Å². The van der Waals surface area contributed by atoms with Crippen molar-refractivity contribution in [1.29, 1.82) is 0 Å². The molecule has 0 spiro atoms. The summed E-state index contributed by atoms with van der Waals surface area (Å²) in [5.74, 6) is -0.390. The molecular weight excluding hydrogens is 418 g/mol. The summed E-state index contributed by atoms with van der Waals surface area (Å²) in [6, 6.07) is 10.2. The second kappa shape index (κ2) is 10.4. The van der Waals surface area contributed by atoms with Gasteiger partial charge in [0, 0.05) is 23.7 Å². The summed E-state index contributed by atoms with van der Waals surface area (Å²) < 4.78 is 5.03. The van der Waals surface area contributed by atoms with Gasteiger partial charge in [-0.2, -0.15) is 0 Å². The van der Waals surface area contributed by atoms with E-state index in [1.165, 1.54) is 17.6 Å². The highest BCUT2D eigenvalue weighted by Crippen LogP contribution is 2.17. The number of aromatic nitrogens is 1. The maximum Gasteiger partial charge on any atom is 0.319 e. The lowest BCUT2D eigenvalue weighted by atomic mass is 10.2. The zero-order valence-corrected chi connectivity index (χ0v) is 17.9. The summed E-state index contributed by atoms with van der Waals surface area (Å²) >= 11 is 1.24. The highest BCUT2D eigenvalue weighted by molar-refractivity contribution is 7.14. The van der Waals surface area contributed by atoms with Crippen molar-refractivity contribution in [1.82, 2.24) is 15.6 Å². The Hall–Kier alpha value is -3.66. The predicted octanol–water partition coefficient (Wildman–Crippen LogP) is 3.38. The second-order valence-corrected chi connectivity index (χ2v) is 7.84. The molecule has 0 fully saturated rings. The minimum atomic E-state index is -0.394. The first kappa shape index (κ1) is 22.0. The van der Waals surface area contributed by atoms with Crippen molar-refractivity contribution in [2.24, 2.45) is 0 Å². The van der Waals surface area contributed by atoms with E-state index in [1.54, 1.807) is 29.6 Å². The molecule has 2 heterocycles. The van der Waals surface area contributed by atoms with Gasteiger partial charge in [0.05, 0.1) is 18.4 Å². The van der Waals surface area contributed by atoms with Gasteiger partial charge in [-0.15, -0.1) is 11.3 Å². The van der Waals surface area contributed by atoms with Gasteiger partial charge in [0.25, 0.3) is 5.91 Å². The minimum Gasteiger partial charge on any atom is -0.459 e. The highest BCUT2D eigenvalue weighted by Gasteiger charge is 2.13. The summed E-state index contributed by atoms with van der Waals surface area (Å²) in [5.41, 5.74) is 2.13. The van der Waals surface area contributed by atoms with Crippen LogP contribution in [-0.4, -0.2) is 28.9 Å². The Balaban J connectivity index is 1.43. The van der Waals surface area contributed by atoms with Crippen LogP contribution in [0.4, 0.5) is 15.6 Å². The molecule has 0 radical (unpaired) electrons. The fourth-order valence-electron chi connectivity index (χ4n) is 2.58. The van der Waals surface area contributed by atoms with Gasteiger partial charge < -0.3 is 20.4 Å². The highest BCUT2D eigenvalue weighted by atomic mass is 32.1. The van der Waals surface area contributed by atoms with E-state index < -0.39 is 5.91 Å². The number of urea groups is 1. The van der Waals surface area contributed by atoms with Crippen molar-refractivity contribution < 1.29 is 18.8 Å². The Morgan fingerprint density at radius 3 is 2.55 bits per heavy atom. The fourth-order valence-corrected chi connectivity index (χ4v) is 3.28. The predicted molar refractivity (Wildman–Crippen MR) is 118 cm³/mol. The number of thiazole rings is 1. The van der Waals surface area contributed by atoms with Crippen molar-refractivity contribution >= 4 is 40.0 Å². The molecule has 0 unspecified atom stereocenters. The number of nitrogens with zero attached hydrogens (tertiary/aromatic N) is 1. The molecule has 4 amide bonds. The number of benzene rings is 1.